The summed E-state index contributed by atoms with van der Waals surface area (Å²) < 4.78 is 1.72. The molecule has 1 saturated carbocycles. The van der Waals surface area contributed by atoms with Crippen molar-refractivity contribution in [1.29, 1.82) is 0 Å². The number of urea groups is 1. The Hall–Kier alpha value is -1.89. The van der Waals surface area contributed by atoms with Crippen molar-refractivity contribution in [2.45, 2.75) is 65.0 Å². The molecule has 0 radical (unpaired) electrons. The van der Waals surface area contributed by atoms with Crippen LogP contribution in [0.4, 0.5) is 4.79 Å². The first kappa shape index (κ1) is 17.9. The Kier molecular flexibility index (Phi) is 4.86. The summed E-state index contributed by atoms with van der Waals surface area (Å²) in [4.78, 5) is 24.9. The van der Waals surface area contributed by atoms with Crippen LogP contribution in [0.25, 0.3) is 0 Å². The largest absolute Gasteiger partial charge is 0.346 e. The molecule has 3 amide bonds. The van der Waals surface area contributed by atoms with Gasteiger partial charge < -0.3 is 5.32 Å². The van der Waals surface area contributed by atoms with Crippen molar-refractivity contribution in [2.24, 2.45) is 11.0 Å². The lowest BCUT2D eigenvalue weighted by atomic mass is 9.82. The predicted octanol–water partition coefficient (Wildman–Crippen LogP) is 3.09. The van der Waals surface area contributed by atoms with Crippen LogP contribution in [-0.2, 0) is 11.3 Å². The van der Waals surface area contributed by atoms with Crippen LogP contribution in [0.3, 0.4) is 0 Å². The normalized spacial score (nSPS) is 20.3. The first-order chi connectivity index (χ1) is 11.8. The lowest BCUT2D eigenvalue weighted by molar-refractivity contribution is -0.132. The highest BCUT2D eigenvalue weighted by atomic mass is 35.5. The summed E-state index contributed by atoms with van der Waals surface area (Å²) in [5, 5.41) is 12.8. The topological polar surface area (TPSA) is 79.6 Å². The summed E-state index contributed by atoms with van der Waals surface area (Å²) in [6, 6.07) is -0.466. The van der Waals surface area contributed by atoms with E-state index in [1.807, 2.05) is 6.92 Å². The Balaban J connectivity index is 1.81. The van der Waals surface area contributed by atoms with Gasteiger partial charge in [0.1, 0.15) is 10.7 Å². The molecule has 0 aromatic carbocycles. The summed E-state index contributed by atoms with van der Waals surface area (Å²) in [5.74, 6) is 0.135. The molecule has 2 aliphatic rings. The fourth-order valence-electron chi connectivity index (χ4n) is 3.50. The fourth-order valence-corrected chi connectivity index (χ4v) is 3.79. The van der Waals surface area contributed by atoms with Crippen LogP contribution in [0.5, 0.6) is 0 Å². The molecule has 1 aromatic heterocycles. The van der Waals surface area contributed by atoms with E-state index in [1.165, 1.54) is 6.21 Å². The number of aryl methyl sites for hydroxylation is 1. The summed E-state index contributed by atoms with van der Waals surface area (Å²) in [5.41, 5.74) is 0.578. The maximum atomic E-state index is 12.7. The molecule has 2 heterocycles. The number of nitrogens with one attached hydrogen (secondary N) is 1. The third-order valence-electron chi connectivity index (χ3n) is 4.80. The average molecular weight is 366 g/mol. The van der Waals surface area contributed by atoms with Crippen molar-refractivity contribution in [3.05, 3.63) is 16.4 Å². The molecular formula is C17H24ClN5O2. The Bertz CT molecular complexity index is 719. The summed E-state index contributed by atoms with van der Waals surface area (Å²) >= 11 is 6.38. The number of hydrogen-bond donors (Lipinski definition) is 1. The Morgan fingerprint density at radius 2 is 2.00 bits per heavy atom. The van der Waals surface area contributed by atoms with E-state index in [2.05, 4.69) is 29.4 Å². The van der Waals surface area contributed by atoms with Gasteiger partial charge in [-0.2, -0.15) is 10.2 Å². The molecule has 1 aliphatic heterocycles. The van der Waals surface area contributed by atoms with E-state index < -0.39 is 11.6 Å². The van der Waals surface area contributed by atoms with Crippen LogP contribution in [0, 0.1) is 12.8 Å². The number of rotatable bonds is 4. The number of imide groups is 1. The SMILES string of the molecule is Cc1nn(CC(C)C)c(Cl)c1/C=N\N1C(=O)NC2(CCCCC2)C1=O. The molecule has 8 heteroatoms. The number of carbonyl (C=O) groups is 2. The zero-order valence-electron chi connectivity index (χ0n) is 14.9. The number of nitrogens with zero attached hydrogens (tertiary/aromatic N) is 4. The van der Waals surface area contributed by atoms with Gasteiger partial charge in [0, 0.05) is 6.54 Å². The van der Waals surface area contributed by atoms with Gasteiger partial charge in [0.05, 0.1) is 17.5 Å². The highest BCUT2D eigenvalue weighted by Gasteiger charge is 2.51. The number of amides is 3. The quantitative estimate of drug-likeness (QED) is 0.657. The molecule has 0 unspecified atom stereocenters. The summed E-state index contributed by atoms with van der Waals surface area (Å²) in [6.45, 7) is 6.69. The van der Waals surface area contributed by atoms with Crippen LogP contribution in [0.2, 0.25) is 5.15 Å². The minimum absolute atomic E-state index is 0.267. The van der Waals surface area contributed by atoms with E-state index in [-0.39, 0.29) is 5.91 Å². The molecular weight excluding hydrogens is 342 g/mol. The second-order valence-electron chi connectivity index (χ2n) is 7.30. The smallest absolute Gasteiger partial charge is 0.321 e. The van der Waals surface area contributed by atoms with Crippen molar-refractivity contribution in [3.63, 3.8) is 0 Å². The molecule has 0 atom stereocenters. The first-order valence-corrected chi connectivity index (χ1v) is 9.15. The highest BCUT2D eigenvalue weighted by Crippen LogP contribution is 2.33. The van der Waals surface area contributed by atoms with E-state index in [0.717, 1.165) is 24.3 Å². The maximum absolute atomic E-state index is 12.7. The van der Waals surface area contributed by atoms with Gasteiger partial charge in [0.2, 0.25) is 0 Å². The molecule has 136 valence electrons. The first-order valence-electron chi connectivity index (χ1n) is 8.77. The minimum atomic E-state index is -0.770. The van der Waals surface area contributed by atoms with E-state index >= 15 is 0 Å². The van der Waals surface area contributed by atoms with Gasteiger partial charge in [0.25, 0.3) is 5.91 Å². The molecule has 1 N–H and O–H groups in total. The molecule has 1 saturated heterocycles. The summed E-state index contributed by atoms with van der Waals surface area (Å²) in [6.07, 6.45) is 5.79. The van der Waals surface area contributed by atoms with Crippen LogP contribution in [0.1, 0.15) is 57.2 Å². The van der Waals surface area contributed by atoms with Crippen molar-refractivity contribution < 1.29 is 9.59 Å². The zero-order chi connectivity index (χ0) is 18.2. The maximum Gasteiger partial charge on any atom is 0.346 e. The molecule has 2 fully saturated rings. The van der Waals surface area contributed by atoms with Crippen LogP contribution < -0.4 is 5.32 Å². The van der Waals surface area contributed by atoms with E-state index in [4.69, 9.17) is 11.6 Å². The van der Waals surface area contributed by atoms with Gasteiger partial charge in [-0.3, -0.25) is 9.48 Å². The Labute approximate surface area is 152 Å². The van der Waals surface area contributed by atoms with Crippen molar-refractivity contribution in [3.8, 4) is 0 Å². The number of hydrazone groups is 1. The van der Waals surface area contributed by atoms with E-state index in [0.29, 0.717) is 41.7 Å². The molecule has 1 aromatic rings. The van der Waals surface area contributed by atoms with Crippen molar-refractivity contribution >= 4 is 29.8 Å². The Morgan fingerprint density at radius 1 is 1.32 bits per heavy atom. The van der Waals surface area contributed by atoms with Gasteiger partial charge in [-0.1, -0.05) is 44.7 Å². The lowest BCUT2D eigenvalue weighted by Gasteiger charge is -2.29. The number of aromatic nitrogens is 2. The van der Waals surface area contributed by atoms with E-state index in [1.54, 1.807) is 4.68 Å². The predicted molar refractivity (Wildman–Crippen MR) is 95.6 cm³/mol. The molecule has 1 aliphatic carbocycles. The average Bonchev–Trinajstić information content (AvgIpc) is 2.93. The van der Waals surface area contributed by atoms with Gasteiger partial charge in [-0.05, 0) is 25.7 Å². The third kappa shape index (κ3) is 3.29. The molecule has 7 nitrogen and oxygen atoms in total. The zero-order valence-corrected chi connectivity index (χ0v) is 15.6. The van der Waals surface area contributed by atoms with Crippen LogP contribution in [-0.4, -0.2) is 38.5 Å². The molecule has 3 rings (SSSR count). The summed E-state index contributed by atoms with van der Waals surface area (Å²) in [7, 11) is 0. The third-order valence-corrected chi connectivity index (χ3v) is 5.20. The van der Waals surface area contributed by atoms with E-state index in [9.17, 15) is 9.59 Å². The molecule has 0 bridgehead atoms. The van der Waals surface area contributed by atoms with Crippen LogP contribution >= 0.6 is 11.6 Å². The standard InChI is InChI=1S/C17H24ClN5O2/c1-11(2)10-22-14(18)13(12(3)21-22)9-19-23-15(24)17(20-16(23)25)7-5-4-6-8-17/h9,11H,4-8,10H2,1-3H3,(H,20,25)/b19-9-. The molecule has 1 spiro atoms. The number of halogens is 1. The monoisotopic (exact) mass is 365 g/mol. The van der Waals surface area contributed by atoms with Crippen molar-refractivity contribution in [1.82, 2.24) is 20.1 Å². The Morgan fingerprint density at radius 3 is 2.64 bits per heavy atom. The van der Waals surface area contributed by atoms with Gasteiger partial charge >= 0.3 is 6.03 Å². The number of hydrogen-bond acceptors (Lipinski definition) is 4. The highest BCUT2D eigenvalue weighted by molar-refractivity contribution is 6.32. The van der Waals surface area contributed by atoms with Crippen molar-refractivity contribution in [2.75, 3.05) is 0 Å². The minimum Gasteiger partial charge on any atom is -0.321 e. The van der Waals surface area contributed by atoms with Gasteiger partial charge in [-0.15, -0.1) is 5.01 Å². The van der Waals surface area contributed by atoms with Crippen LogP contribution in [0.15, 0.2) is 5.10 Å². The van der Waals surface area contributed by atoms with Gasteiger partial charge in [-0.25, -0.2) is 4.79 Å². The van der Waals surface area contributed by atoms with Gasteiger partial charge in [0.15, 0.2) is 0 Å². The lowest BCUT2D eigenvalue weighted by Crippen LogP contribution is -2.48. The second-order valence-corrected chi connectivity index (χ2v) is 7.66. The molecule has 25 heavy (non-hydrogen) atoms. The fraction of sp³-hybridized carbons (Fsp3) is 0.647. The second kappa shape index (κ2) is 6.78. The number of carbonyl (C=O) groups excluding carboxylic acids is 2.